The van der Waals surface area contributed by atoms with Gasteiger partial charge in [-0.25, -0.2) is 0 Å². The van der Waals surface area contributed by atoms with Crippen LogP contribution in [0.3, 0.4) is 0 Å². The second kappa shape index (κ2) is 16.4. The molecular formula is C63H102O6. The quantitative estimate of drug-likeness (QED) is 0.204. The van der Waals surface area contributed by atoms with E-state index in [9.17, 15) is 30.0 Å². The SMILES string of the molecule is CC1(C)CC[C@]2(C(=O)O)CC[C@]3(C)C(=CCC4[C@@]5(C)CC[C@H](CO)C(C)(C)C5CC[C@]43C)C2C1.CC[C@@]1(C)C2CC[C@]3(C)C(CC=C4C5CC(C)(C)CC[C@]5(C(=O)O)CC[C@]43C)[C@@]2(C)CC[C@@H]1CO. The fourth-order valence-corrected chi connectivity index (χ4v) is 22.4. The normalized spacial score (nSPS) is 52.1. The molecule has 69 heavy (non-hydrogen) atoms. The van der Waals surface area contributed by atoms with E-state index >= 15 is 0 Å². The summed E-state index contributed by atoms with van der Waals surface area (Å²) in [4.78, 5) is 25.6. The first-order valence-corrected chi connectivity index (χ1v) is 29.0. The van der Waals surface area contributed by atoms with Crippen molar-refractivity contribution in [3.8, 4) is 0 Å². The average molecular weight is 956 g/mol. The number of hydrogen-bond donors (Lipinski definition) is 4. The van der Waals surface area contributed by atoms with Gasteiger partial charge in [0.1, 0.15) is 0 Å². The van der Waals surface area contributed by atoms with Gasteiger partial charge < -0.3 is 20.4 Å². The molecule has 10 aliphatic carbocycles. The van der Waals surface area contributed by atoms with E-state index in [-0.39, 0.29) is 55.2 Å². The van der Waals surface area contributed by atoms with Gasteiger partial charge in [0.2, 0.25) is 0 Å². The Morgan fingerprint density at radius 2 is 0.884 bits per heavy atom. The minimum absolute atomic E-state index is 0.0946. The summed E-state index contributed by atoms with van der Waals surface area (Å²) in [5, 5.41) is 41.5. The summed E-state index contributed by atoms with van der Waals surface area (Å²) in [6.07, 6.45) is 27.8. The van der Waals surface area contributed by atoms with E-state index in [1.807, 2.05) is 0 Å². The summed E-state index contributed by atoms with van der Waals surface area (Å²) in [6, 6.07) is 0. The van der Waals surface area contributed by atoms with Crippen LogP contribution >= 0.6 is 0 Å². The molecule has 0 spiro atoms. The topological polar surface area (TPSA) is 115 Å². The van der Waals surface area contributed by atoms with Gasteiger partial charge in [-0.3, -0.25) is 9.59 Å². The third-order valence-corrected chi connectivity index (χ3v) is 27.6. The Balaban J connectivity index is 0.000000172. The Morgan fingerprint density at radius 3 is 1.29 bits per heavy atom. The molecule has 0 aromatic rings. The Kier molecular flexibility index (Phi) is 12.4. The first-order chi connectivity index (χ1) is 31.9. The van der Waals surface area contributed by atoms with Crippen molar-refractivity contribution in [2.24, 2.45) is 112 Å². The fraction of sp³-hybridized carbons (Fsp3) is 0.905. The summed E-state index contributed by atoms with van der Waals surface area (Å²) >= 11 is 0. The molecule has 17 atom stereocenters. The molecule has 0 heterocycles. The number of aliphatic hydroxyl groups excluding tert-OH is 2. The summed E-state index contributed by atoms with van der Waals surface area (Å²) in [5.74, 6) is 2.74. The van der Waals surface area contributed by atoms with Crippen molar-refractivity contribution >= 4 is 11.9 Å². The molecule has 0 aliphatic heterocycles. The maximum atomic E-state index is 12.8. The molecule has 0 saturated heterocycles. The van der Waals surface area contributed by atoms with Crippen LogP contribution in [-0.2, 0) is 9.59 Å². The van der Waals surface area contributed by atoms with Crippen molar-refractivity contribution < 1.29 is 30.0 Å². The van der Waals surface area contributed by atoms with Gasteiger partial charge in [0.25, 0.3) is 0 Å². The summed E-state index contributed by atoms with van der Waals surface area (Å²) in [7, 11) is 0. The zero-order chi connectivity index (χ0) is 50.6. The van der Waals surface area contributed by atoms with Crippen molar-refractivity contribution in [1.82, 2.24) is 0 Å². The molecule has 0 amide bonds. The Morgan fingerprint density at radius 1 is 0.493 bits per heavy atom. The van der Waals surface area contributed by atoms with Gasteiger partial charge in [-0.05, 0) is 230 Å². The van der Waals surface area contributed by atoms with E-state index in [0.29, 0.717) is 59.6 Å². The minimum Gasteiger partial charge on any atom is -0.481 e. The molecule has 0 aromatic heterocycles. The fourth-order valence-electron chi connectivity index (χ4n) is 22.4. The van der Waals surface area contributed by atoms with E-state index in [1.165, 1.54) is 49.7 Å². The predicted molar refractivity (Wildman–Crippen MR) is 279 cm³/mol. The number of carboxylic acid groups (broad SMARTS) is 2. The highest BCUT2D eigenvalue weighted by Crippen LogP contribution is 2.78. The summed E-state index contributed by atoms with van der Waals surface area (Å²) < 4.78 is 0. The van der Waals surface area contributed by atoms with Crippen molar-refractivity contribution in [2.45, 2.75) is 232 Å². The Bertz CT molecular complexity index is 2110. The van der Waals surface area contributed by atoms with Crippen LogP contribution in [0.15, 0.2) is 23.3 Å². The van der Waals surface area contributed by atoms with E-state index in [2.05, 4.69) is 109 Å². The monoisotopic (exact) mass is 955 g/mol. The molecule has 0 bridgehead atoms. The van der Waals surface area contributed by atoms with E-state index in [0.717, 1.165) is 96.3 Å². The second-order valence-electron chi connectivity index (χ2n) is 30.9. The second-order valence-corrected chi connectivity index (χ2v) is 30.9. The van der Waals surface area contributed by atoms with Gasteiger partial charge in [0.05, 0.1) is 10.8 Å². The first kappa shape index (κ1) is 52.2. The van der Waals surface area contributed by atoms with Crippen molar-refractivity contribution in [2.75, 3.05) is 13.2 Å². The van der Waals surface area contributed by atoms with Crippen molar-refractivity contribution in [3.05, 3.63) is 23.3 Å². The minimum atomic E-state index is -0.550. The number of rotatable bonds is 5. The molecule has 10 rings (SSSR count). The molecule has 4 N–H and O–H groups in total. The summed E-state index contributed by atoms with van der Waals surface area (Å²) in [5.41, 5.74) is 3.99. The van der Waals surface area contributed by atoms with Crippen molar-refractivity contribution in [1.29, 1.82) is 0 Å². The zero-order valence-electron chi connectivity index (χ0n) is 46.6. The van der Waals surface area contributed by atoms with Gasteiger partial charge >= 0.3 is 11.9 Å². The summed E-state index contributed by atoms with van der Waals surface area (Å²) in [6.45, 7) is 35.2. The van der Waals surface area contributed by atoms with Gasteiger partial charge in [-0.15, -0.1) is 0 Å². The highest BCUT2D eigenvalue weighted by molar-refractivity contribution is 5.77. The third-order valence-electron chi connectivity index (χ3n) is 27.6. The predicted octanol–water partition coefficient (Wildman–Crippen LogP) is 15.4. The zero-order valence-corrected chi connectivity index (χ0v) is 46.6. The molecule has 8 saturated carbocycles. The number of allylic oxidation sites excluding steroid dienone is 4. The van der Waals surface area contributed by atoms with Crippen molar-refractivity contribution in [3.63, 3.8) is 0 Å². The molecule has 0 radical (unpaired) electrons. The molecule has 6 heteroatoms. The highest BCUT2D eigenvalue weighted by Gasteiger charge is 2.71. The van der Waals surface area contributed by atoms with Crippen LogP contribution in [0, 0.1) is 112 Å². The molecular weight excluding hydrogens is 853 g/mol. The maximum absolute atomic E-state index is 12.8. The average Bonchev–Trinajstić information content (AvgIpc) is 3.26. The highest BCUT2D eigenvalue weighted by atomic mass is 16.4. The van der Waals surface area contributed by atoms with Crippen LogP contribution in [0.25, 0.3) is 0 Å². The lowest BCUT2D eigenvalue weighted by Crippen LogP contribution is -2.65. The van der Waals surface area contributed by atoms with Gasteiger partial charge in [-0.1, -0.05) is 127 Å². The van der Waals surface area contributed by atoms with Crippen LogP contribution in [0.1, 0.15) is 232 Å². The van der Waals surface area contributed by atoms with Crippen LogP contribution in [0.5, 0.6) is 0 Å². The van der Waals surface area contributed by atoms with E-state index in [1.54, 1.807) is 0 Å². The van der Waals surface area contributed by atoms with Gasteiger partial charge in [0.15, 0.2) is 0 Å². The third kappa shape index (κ3) is 6.91. The van der Waals surface area contributed by atoms with E-state index in [4.69, 9.17) is 0 Å². The lowest BCUT2D eigenvalue weighted by molar-refractivity contribution is -0.202. The van der Waals surface area contributed by atoms with Gasteiger partial charge in [-0.2, -0.15) is 0 Å². The maximum Gasteiger partial charge on any atom is 0.310 e. The largest absolute Gasteiger partial charge is 0.481 e. The molecule has 6 unspecified atom stereocenters. The number of fused-ring (bicyclic) bond motifs is 14. The first-order valence-electron chi connectivity index (χ1n) is 29.0. The molecule has 8 fully saturated rings. The lowest BCUT2D eigenvalue weighted by atomic mass is 9.33. The standard InChI is InChI=1S/C32H52O3.C31H50O3/c1-8-28(4)21(20-33)11-13-29(5)24(28)12-14-31(7)25(29)10-9-22-23-19-27(2,3)15-17-32(23,26(34)35)18-16-30(22,31)6;1-26(2)14-16-31(25(33)34)17-15-29(6)21(22(31)18-26)8-9-24-28(5)12-10-20(19-32)27(3,4)23(28)11-13-30(24,29)7/h9,21,23-25,33H,8,10-20H2,1-7H3,(H,34,35);8,20,22-24,32H,9-19H2,1-7H3,(H,33,34)/t21-,23?,24?,25?,28-,29+,30-,31-,32+;20-,22?,23?,24?,28+,29-,30-,31+/m11/s1. The molecule has 6 nitrogen and oxygen atoms in total. The smallest absolute Gasteiger partial charge is 0.310 e. The number of hydrogen-bond acceptors (Lipinski definition) is 4. The molecule has 390 valence electrons. The Hall–Kier alpha value is -1.66. The van der Waals surface area contributed by atoms with Crippen LogP contribution in [0.2, 0.25) is 0 Å². The Labute approximate surface area is 420 Å². The van der Waals surface area contributed by atoms with Crippen LogP contribution < -0.4 is 0 Å². The van der Waals surface area contributed by atoms with Gasteiger partial charge in [0, 0.05) is 13.2 Å². The van der Waals surface area contributed by atoms with Crippen LogP contribution in [0.4, 0.5) is 0 Å². The number of aliphatic carboxylic acids is 2. The number of carbonyl (C=O) groups is 2. The molecule has 10 aliphatic rings. The number of carboxylic acids is 2. The van der Waals surface area contributed by atoms with E-state index < -0.39 is 22.8 Å². The molecule has 0 aromatic carbocycles. The number of aliphatic hydroxyl groups is 2. The lowest BCUT2D eigenvalue weighted by Gasteiger charge is -2.71. The van der Waals surface area contributed by atoms with Crippen LogP contribution in [-0.4, -0.2) is 45.6 Å².